The zero-order valence-corrected chi connectivity index (χ0v) is 26.5. The Balaban J connectivity index is 1.14. The van der Waals surface area contributed by atoms with Crippen LogP contribution in [0.25, 0.3) is 76.9 Å². The molecule has 0 aliphatic carbocycles. The Morgan fingerprint density at radius 2 is 0.959 bits per heavy atom. The van der Waals surface area contributed by atoms with E-state index in [1.54, 1.807) is 0 Å². The first-order valence-corrected chi connectivity index (χ1v) is 16.6. The van der Waals surface area contributed by atoms with Crippen molar-refractivity contribution in [2.45, 2.75) is 0 Å². The second kappa shape index (κ2) is 11.0. The van der Waals surface area contributed by atoms with E-state index in [1.807, 2.05) is 24.3 Å². The topological polar surface area (TPSA) is 29.5 Å². The summed E-state index contributed by atoms with van der Waals surface area (Å²) >= 11 is 0. The van der Waals surface area contributed by atoms with Crippen molar-refractivity contribution in [3.05, 3.63) is 176 Å². The van der Waals surface area contributed by atoms with Crippen LogP contribution >= 0.6 is 0 Å². The largest absolute Gasteiger partial charge is 0.455 e. The summed E-state index contributed by atoms with van der Waals surface area (Å²) in [6.07, 6.45) is 0. The molecule has 230 valence electrons. The molecule has 2 aromatic heterocycles. The lowest BCUT2D eigenvalue weighted by Gasteiger charge is -2.25. The highest BCUT2D eigenvalue weighted by Crippen LogP contribution is 2.44. The standard InChI is InChI=1S/C46H29NO2/c1-3-13-33(14-4-1)47(34-15-5-2-6-16-34)35-26-27-39-41-28-32-12-7-8-17-36(32)44(46(41)49-43(39)29-35)31-24-22-30(23-25-31)37-19-11-20-40-38-18-9-10-21-42(38)48-45(37)40/h1-29H. The van der Waals surface area contributed by atoms with E-state index < -0.39 is 0 Å². The van der Waals surface area contributed by atoms with Crippen LogP contribution in [0.2, 0.25) is 0 Å². The van der Waals surface area contributed by atoms with Gasteiger partial charge in [0.1, 0.15) is 22.3 Å². The number of hydrogen-bond acceptors (Lipinski definition) is 3. The van der Waals surface area contributed by atoms with Crippen LogP contribution in [-0.2, 0) is 0 Å². The smallest absolute Gasteiger partial charge is 0.143 e. The zero-order valence-electron chi connectivity index (χ0n) is 26.5. The average molecular weight is 628 g/mol. The molecule has 0 atom stereocenters. The number of furan rings is 2. The van der Waals surface area contributed by atoms with Crippen LogP contribution in [0.15, 0.2) is 185 Å². The Morgan fingerprint density at radius 3 is 1.73 bits per heavy atom. The molecule has 49 heavy (non-hydrogen) atoms. The second-order valence-corrected chi connectivity index (χ2v) is 12.5. The fourth-order valence-electron chi connectivity index (χ4n) is 7.38. The minimum atomic E-state index is 0.856. The predicted octanol–water partition coefficient (Wildman–Crippen LogP) is 13.4. The summed E-state index contributed by atoms with van der Waals surface area (Å²) in [4.78, 5) is 2.27. The maximum absolute atomic E-state index is 6.87. The molecule has 0 N–H and O–H groups in total. The summed E-state index contributed by atoms with van der Waals surface area (Å²) in [5.41, 5.74) is 11.2. The van der Waals surface area contributed by atoms with Gasteiger partial charge in [-0.2, -0.15) is 0 Å². The number of nitrogens with zero attached hydrogens (tertiary/aromatic N) is 1. The van der Waals surface area contributed by atoms with Gasteiger partial charge in [0.05, 0.1) is 0 Å². The van der Waals surface area contributed by atoms with Crippen LogP contribution in [0.4, 0.5) is 17.1 Å². The van der Waals surface area contributed by atoms with Crippen molar-refractivity contribution in [3.63, 3.8) is 0 Å². The quantitative estimate of drug-likeness (QED) is 0.190. The number of hydrogen-bond donors (Lipinski definition) is 0. The van der Waals surface area contributed by atoms with Crippen molar-refractivity contribution < 1.29 is 8.83 Å². The molecule has 0 saturated carbocycles. The molecule has 0 amide bonds. The Labute approximate surface area is 282 Å². The summed E-state index contributed by atoms with van der Waals surface area (Å²) in [6, 6.07) is 61.8. The van der Waals surface area contributed by atoms with Gasteiger partial charge in [0.15, 0.2) is 0 Å². The minimum Gasteiger partial charge on any atom is -0.455 e. The number of benzene rings is 8. The fourth-order valence-corrected chi connectivity index (χ4v) is 7.38. The summed E-state index contributed by atoms with van der Waals surface area (Å²) in [5, 5.41) is 6.82. The van der Waals surface area contributed by atoms with Crippen LogP contribution in [0.5, 0.6) is 0 Å². The molecule has 0 unspecified atom stereocenters. The number of fused-ring (bicyclic) bond motifs is 7. The molecule has 0 bridgehead atoms. The Kier molecular flexibility index (Phi) is 6.18. The van der Waals surface area contributed by atoms with E-state index >= 15 is 0 Å². The van der Waals surface area contributed by atoms with Crippen molar-refractivity contribution in [2.75, 3.05) is 4.90 Å². The van der Waals surface area contributed by atoms with Crippen LogP contribution < -0.4 is 4.90 Å². The van der Waals surface area contributed by atoms with Gasteiger partial charge in [0.25, 0.3) is 0 Å². The Hall–Kier alpha value is -6.58. The third kappa shape index (κ3) is 4.44. The first-order valence-electron chi connectivity index (χ1n) is 16.6. The van der Waals surface area contributed by atoms with Gasteiger partial charge >= 0.3 is 0 Å². The molecule has 0 saturated heterocycles. The molecule has 0 fully saturated rings. The highest BCUT2D eigenvalue weighted by molar-refractivity contribution is 6.19. The first-order chi connectivity index (χ1) is 24.3. The first kappa shape index (κ1) is 27.5. The zero-order chi connectivity index (χ0) is 32.3. The summed E-state index contributed by atoms with van der Waals surface area (Å²) in [6.45, 7) is 0. The van der Waals surface area contributed by atoms with Gasteiger partial charge in [-0.15, -0.1) is 0 Å². The van der Waals surface area contributed by atoms with Crippen molar-refractivity contribution >= 4 is 71.7 Å². The molecule has 8 aromatic carbocycles. The second-order valence-electron chi connectivity index (χ2n) is 12.5. The molecule has 0 spiro atoms. The van der Waals surface area contributed by atoms with E-state index in [1.165, 1.54) is 5.39 Å². The van der Waals surface area contributed by atoms with Gasteiger partial charge < -0.3 is 13.7 Å². The lowest BCUT2D eigenvalue weighted by molar-refractivity contribution is 0.669. The predicted molar refractivity (Wildman–Crippen MR) is 204 cm³/mol. The van der Waals surface area contributed by atoms with Gasteiger partial charge in [0, 0.05) is 55.8 Å². The molecule has 0 aliphatic rings. The number of para-hydroxylation sites is 4. The molecular formula is C46H29NO2. The van der Waals surface area contributed by atoms with Crippen molar-refractivity contribution in [1.82, 2.24) is 0 Å². The van der Waals surface area contributed by atoms with Crippen molar-refractivity contribution in [2.24, 2.45) is 0 Å². The van der Waals surface area contributed by atoms with E-state index in [2.05, 4.69) is 157 Å². The lowest BCUT2D eigenvalue weighted by Crippen LogP contribution is -2.09. The summed E-state index contributed by atoms with van der Waals surface area (Å²) in [7, 11) is 0. The van der Waals surface area contributed by atoms with Crippen molar-refractivity contribution in [1.29, 1.82) is 0 Å². The maximum Gasteiger partial charge on any atom is 0.143 e. The highest BCUT2D eigenvalue weighted by atomic mass is 16.3. The van der Waals surface area contributed by atoms with E-state index in [0.717, 1.165) is 88.6 Å². The van der Waals surface area contributed by atoms with Gasteiger partial charge in [-0.3, -0.25) is 0 Å². The van der Waals surface area contributed by atoms with Crippen LogP contribution in [0.1, 0.15) is 0 Å². The third-order valence-electron chi connectivity index (χ3n) is 9.64. The Morgan fingerprint density at radius 1 is 0.347 bits per heavy atom. The lowest BCUT2D eigenvalue weighted by atomic mass is 9.93. The van der Waals surface area contributed by atoms with Crippen LogP contribution in [-0.4, -0.2) is 0 Å². The minimum absolute atomic E-state index is 0.856. The monoisotopic (exact) mass is 627 g/mol. The molecule has 2 heterocycles. The molecule has 10 rings (SSSR count). The maximum atomic E-state index is 6.87. The van der Waals surface area contributed by atoms with Gasteiger partial charge in [0.2, 0.25) is 0 Å². The molecular weight excluding hydrogens is 599 g/mol. The third-order valence-corrected chi connectivity index (χ3v) is 9.64. The highest BCUT2D eigenvalue weighted by Gasteiger charge is 2.20. The van der Waals surface area contributed by atoms with E-state index in [0.29, 0.717) is 0 Å². The number of rotatable bonds is 5. The SMILES string of the molecule is c1ccc(N(c2ccccc2)c2ccc3c(c2)oc2c(-c4ccc(-c5cccc6c5oc5ccccc56)cc4)c4ccccc4cc23)cc1. The summed E-state index contributed by atoms with van der Waals surface area (Å²) in [5.74, 6) is 0. The van der Waals surface area contributed by atoms with Gasteiger partial charge in [-0.1, -0.05) is 121 Å². The van der Waals surface area contributed by atoms with Crippen LogP contribution in [0, 0.1) is 0 Å². The Bertz CT molecular complexity index is 2770. The van der Waals surface area contributed by atoms with E-state index in [-0.39, 0.29) is 0 Å². The van der Waals surface area contributed by atoms with Gasteiger partial charge in [-0.25, -0.2) is 0 Å². The van der Waals surface area contributed by atoms with E-state index in [9.17, 15) is 0 Å². The number of anilines is 3. The molecule has 10 aromatic rings. The average Bonchev–Trinajstić information content (AvgIpc) is 3.73. The molecule has 3 nitrogen and oxygen atoms in total. The molecule has 0 aliphatic heterocycles. The van der Waals surface area contributed by atoms with E-state index in [4.69, 9.17) is 8.83 Å². The normalized spacial score (nSPS) is 11.7. The van der Waals surface area contributed by atoms with Gasteiger partial charge in [-0.05, 0) is 70.4 Å². The van der Waals surface area contributed by atoms with Crippen molar-refractivity contribution in [3.8, 4) is 22.3 Å². The fraction of sp³-hybridized carbons (Fsp3) is 0. The van der Waals surface area contributed by atoms with Crippen LogP contribution in [0.3, 0.4) is 0 Å². The molecule has 0 radical (unpaired) electrons. The molecule has 3 heteroatoms. The summed E-state index contributed by atoms with van der Waals surface area (Å²) < 4.78 is 13.2.